The zero-order valence-corrected chi connectivity index (χ0v) is 11.9. The highest BCUT2D eigenvalue weighted by Gasteiger charge is 2.29. The number of hydrogen-bond donors (Lipinski definition) is 1. The lowest BCUT2D eigenvalue weighted by Crippen LogP contribution is -2.41. The summed E-state index contributed by atoms with van der Waals surface area (Å²) in [5, 5.41) is 0.149. The van der Waals surface area contributed by atoms with Crippen molar-refractivity contribution in [3.8, 4) is 0 Å². The molecule has 5 nitrogen and oxygen atoms in total. The van der Waals surface area contributed by atoms with E-state index in [4.69, 9.17) is 17.3 Å². The fourth-order valence-corrected chi connectivity index (χ4v) is 4.95. The van der Waals surface area contributed by atoms with Gasteiger partial charge in [-0.1, -0.05) is 11.6 Å². The summed E-state index contributed by atoms with van der Waals surface area (Å²) < 4.78 is 37.2. The number of halogens is 1. The minimum Gasteiger partial charge on any atom is -0.399 e. The minimum absolute atomic E-state index is 0.0110. The van der Waals surface area contributed by atoms with Gasteiger partial charge >= 0.3 is 0 Å². The highest BCUT2D eigenvalue weighted by atomic mass is 35.5. The highest BCUT2D eigenvalue weighted by molar-refractivity contribution is 7.89. The van der Waals surface area contributed by atoms with Gasteiger partial charge in [-0.25, -0.2) is 8.42 Å². The molecule has 0 spiro atoms. The van der Waals surface area contributed by atoms with Crippen LogP contribution in [0.3, 0.4) is 0 Å². The number of nitrogens with zero attached hydrogens (tertiary/aromatic N) is 1. The van der Waals surface area contributed by atoms with E-state index in [1.54, 1.807) is 6.07 Å². The van der Waals surface area contributed by atoms with Gasteiger partial charge < -0.3 is 5.73 Å². The van der Waals surface area contributed by atoms with Crippen LogP contribution in [0.4, 0.5) is 5.69 Å². The molecule has 1 aliphatic rings. The summed E-state index contributed by atoms with van der Waals surface area (Å²) in [7, 11) is -4.58. The van der Waals surface area contributed by atoms with Gasteiger partial charge in [0.25, 0.3) is 0 Å². The molecule has 0 amide bonds. The fraction of sp³-hybridized carbons (Fsp3) is 0.400. The van der Waals surface area contributed by atoms with Gasteiger partial charge in [0.1, 0.15) is 4.90 Å². The van der Waals surface area contributed by atoms with Crippen molar-refractivity contribution in [2.24, 2.45) is 0 Å². The van der Waals surface area contributed by atoms with Crippen LogP contribution >= 0.6 is 11.6 Å². The molecule has 0 bridgehead atoms. The van der Waals surface area contributed by atoms with Gasteiger partial charge in [0, 0.05) is 41.1 Å². The molecule has 0 saturated carbocycles. The molecule has 0 radical (unpaired) electrons. The van der Waals surface area contributed by atoms with Crippen molar-refractivity contribution in [1.29, 1.82) is 0 Å². The van der Waals surface area contributed by atoms with E-state index < -0.39 is 20.8 Å². The number of nitrogens with two attached hydrogens (primary N) is 1. The van der Waals surface area contributed by atoms with Crippen LogP contribution in [0.2, 0.25) is 5.02 Å². The molecule has 1 aromatic rings. The van der Waals surface area contributed by atoms with Gasteiger partial charge in [0.2, 0.25) is 10.0 Å². The second kappa shape index (κ2) is 5.16. The van der Waals surface area contributed by atoms with Crippen LogP contribution in [0.15, 0.2) is 23.1 Å². The van der Waals surface area contributed by atoms with Gasteiger partial charge in [-0.05, 0) is 18.2 Å². The maximum Gasteiger partial charge on any atom is 0.244 e. The predicted molar refractivity (Wildman–Crippen MR) is 72.5 cm³/mol. The number of hydrogen-bond acceptors (Lipinski definition) is 4. The molecule has 0 aliphatic carbocycles. The Morgan fingerprint density at radius 2 is 1.89 bits per heavy atom. The molecule has 100 valence electrons. The molecule has 1 aromatic carbocycles. The Bertz CT molecular complexity index is 579. The van der Waals surface area contributed by atoms with E-state index in [0.717, 1.165) is 0 Å². The first-order chi connectivity index (χ1) is 8.41. The number of anilines is 1. The van der Waals surface area contributed by atoms with Crippen molar-refractivity contribution < 1.29 is 12.6 Å². The normalized spacial score (nSPS) is 18.9. The molecule has 0 atom stereocenters. The monoisotopic (exact) mass is 308 g/mol. The van der Waals surface area contributed by atoms with Crippen LogP contribution in [-0.4, -0.2) is 41.5 Å². The van der Waals surface area contributed by atoms with Crippen LogP contribution in [-0.2, 0) is 20.8 Å². The van der Waals surface area contributed by atoms with Gasteiger partial charge in [0.05, 0.1) is 5.02 Å². The van der Waals surface area contributed by atoms with E-state index in [2.05, 4.69) is 0 Å². The Morgan fingerprint density at radius 1 is 1.28 bits per heavy atom. The summed E-state index contributed by atoms with van der Waals surface area (Å²) in [4.78, 5) is 0.0110. The fourth-order valence-electron chi connectivity index (χ4n) is 1.72. The molecule has 2 N–H and O–H groups in total. The SMILES string of the molecule is Nc1ccc(Cl)c(S(=O)(=O)N2CCS(=O)CC2)c1. The first-order valence-electron chi connectivity index (χ1n) is 5.31. The first-order valence-corrected chi connectivity index (χ1v) is 8.62. The second-order valence-electron chi connectivity index (χ2n) is 3.94. The van der Waals surface area contributed by atoms with Crippen LogP contribution in [0.5, 0.6) is 0 Å². The molecule has 1 aliphatic heterocycles. The van der Waals surface area contributed by atoms with Gasteiger partial charge in [-0.15, -0.1) is 0 Å². The number of benzene rings is 1. The van der Waals surface area contributed by atoms with Crippen molar-refractivity contribution in [3.63, 3.8) is 0 Å². The summed E-state index contributed by atoms with van der Waals surface area (Å²) >= 11 is 5.91. The maximum atomic E-state index is 12.4. The van der Waals surface area contributed by atoms with Gasteiger partial charge in [-0.2, -0.15) is 4.31 Å². The average molecular weight is 309 g/mol. The molecular formula is C10H13ClN2O3S2. The Kier molecular flexibility index (Phi) is 3.96. The van der Waals surface area contributed by atoms with Crippen LogP contribution in [0.1, 0.15) is 0 Å². The molecule has 0 unspecified atom stereocenters. The van der Waals surface area contributed by atoms with Crippen molar-refractivity contribution in [1.82, 2.24) is 4.31 Å². The zero-order chi connectivity index (χ0) is 13.3. The molecule has 18 heavy (non-hydrogen) atoms. The highest BCUT2D eigenvalue weighted by Crippen LogP contribution is 2.27. The standard InChI is InChI=1S/C10H13ClN2O3S2/c11-9-2-1-8(12)7-10(9)18(15,16)13-3-5-17(14)6-4-13/h1-2,7H,3-6,12H2. The lowest BCUT2D eigenvalue weighted by Gasteiger charge is -2.26. The van der Waals surface area contributed by atoms with Crippen molar-refractivity contribution in [2.45, 2.75) is 4.90 Å². The third-order valence-electron chi connectivity index (χ3n) is 2.71. The number of nitrogen functional groups attached to an aromatic ring is 1. The topological polar surface area (TPSA) is 80.5 Å². The molecule has 1 heterocycles. The van der Waals surface area contributed by atoms with Crippen molar-refractivity contribution >= 4 is 38.1 Å². The van der Waals surface area contributed by atoms with E-state index in [0.29, 0.717) is 17.2 Å². The van der Waals surface area contributed by atoms with Crippen molar-refractivity contribution in [3.05, 3.63) is 23.2 Å². The minimum atomic E-state index is -3.65. The van der Waals surface area contributed by atoms with Gasteiger partial charge in [-0.3, -0.25) is 4.21 Å². The summed E-state index contributed by atoms with van der Waals surface area (Å²) in [6.07, 6.45) is 0. The molecule has 8 heteroatoms. The van der Waals surface area contributed by atoms with E-state index in [9.17, 15) is 12.6 Å². The van der Waals surface area contributed by atoms with Gasteiger partial charge in [0.15, 0.2) is 0 Å². The lowest BCUT2D eigenvalue weighted by atomic mass is 10.3. The molecule has 1 fully saturated rings. The van der Waals surface area contributed by atoms with E-state index in [1.807, 2.05) is 0 Å². The Morgan fingerprint density at radius 3 is 2.50 bits per heavy atom. The smallest absolute Gasteiger partial charge is 0.244 e. The largest absolute Gasteiger partial charge is 0.399 e. The second-order valence-corrected chi connectivity index (χ2v) is 7.95. The number of rotatable bonds is 2. The molecule has 0 aromatic heterocycles. The third kappa shape index (κ3) is 2.69. The maximum absolute atomic E-state index is 12.4. The number of sulfonamides is 1. The quantitative estimate of drug-likeness (QED) is 0.815. The Balaban J connectivity index is 2.36. The van der Waals surface area contributed by atoms with Crippen LogP contribution in [0.25, 0.3) is 0 Å². The molecule has 2 rings (SSSR count). The Labute approximate surface area is 113 Å². The average Bonchev–Trinajstić information content (AvgIpc) is 2.32. The summed E-state index contributed by atoms with van der Waals surface area (Å²) in [5.41, 5.74) is 5.93. The summed E-state index contributed by atoms with van der Waals surface area (Å²) in [6.45, 7) is 0.500. The van der Waals surface area contributed by atoms with Crippen LogP contribution < -0.4 is 5.73 Å². The molecule has 1 saturated heterocycles. The summed E-state index contributed by atoms with van der Waals surface area (Å²) in [5.74, 6) is 0.721. The zero-order valence-electron chi connectivity index (χ0n) is 9.50. The third-order valence-corrected chi connectivity index (χ3v) is 6.37. The van der Waals surface area contributed by atoms with E-state index in [-0.39, 0.29) is 23.0 Å². The summed E-state index contributed by atoms with van der Waals surface area (Å²) in [6, 6.07) is 4.36. The van der Waals surface area contributed by atoms with Crippen molar-refractivity contribution in [2.75, 3.05) is 30.3 Å². The van der Waals surface area contributed by atoms with E-state index in [1.165, 1.54) is 16.4 Å². The van der Waals surface area contributed by atoms with Crippen LogP contribution in [0, 0.1) is 0 Å². The Hall–Kier alpha value is -0.630. The first kappa shape index (κ1) is 13.8. The predicted octanol–water partition coefficient (Wildman–Crippen LogP) is 0.675. The lowest BCUT2D eigenvalue weighted by molar-refractivity contribution is 0.439. The van der Waals surface area contributed by atoms with E-state index >= 15 is 0 Å². The molecular weight excluding hydrogens is 296 g/mol.